The highest BCUT2D eigenvalue weighted by Crippen LogP contribution is 2.36. The first-order valence-electron chi connectivity index (χ1n) is 5.56. The highest BCUT2D eigenvalue weighted by Gasteiger charge is 2.34. The van der Waals surface area contributed by atoms with Crippen molar-refractivity contribution in [1.82, 2.24) is 4.98 Å². The van der Waals surface area contributed by atoms with E-state index in [0.717, 1.165) is 12.1 Å². The van der Waals surface area contributed by atoms with E-state index in [2.05, 4.69) is 10.3 Å². The third kappa shape index (κ3) is 3.45. The van der Waals surface area contributed by atoms with Crippen molar-refractivity contribution in [2.75, 3.05) is 5.32 Å². The van der Waals surface area contributed by atoms with Crippen LogP contribution >= 0.6 is 22.9 Å². The number of hydrogen-bond acceptors (Lipinski definition) is 3. The Labute approximate surface area is 125 Å². The summed E-state index contributed by atoms with van der Waals surface area (Å²) in [5.41, 5.74) is -1.17. The average Bonchev–Trinajstić information content (AvgIpc) is 2.69. The van der Waals surface area contributed by atoms with Gasteiger partial charge in [0.05, 0.1) is 11.3 Å². The zero-order chi connectivity index (χ0) is 15.8. The van der Waals surface area contributed by atoms with E-state index in [0.29, 0.717) is 17.0 Å². The van der Waals surface area contributed by atoms with Crippen LogP contribution in [0.2, 0.25) is 5.02 Å². The van der Waals surface area contributed by atoms with E-state index < -0.39 is 28.2 Å². The predicted octanol–water partition coefficient (Wildman–Crippen LogP) is 3.67. The molecule has 1 aromatic heterocycles. The molecule has 1 heterocycles. The summed E-state index contributed by atoms with van der Waals surface area (Å²) in [6, 6.07) is 3.02. The topological polar surface area (TPSA) is 62.0 Å². The maximum atomic E-state index is 12.9. The van der Waals surface area contributed by atoms with Crippen LogP contribution in [0.15, 0.2) is 23.0 Å². The molecule has 9 heteroatoms. The van der Waals surface area contributed by atoms with Crippen molar-refractivity contribution in [3.8, 4) is 0 Å². The van der Waals surface area contributed by atoms with Crippen LogP contribution in [0.5, 0.6) is 0 Å². The molecule has 2 N–H and O–H groups in total. The molecule has 2 aromatic rings. The van der Waals surface area contributed by atoms with Gasteiger partial charge >= 0.3 is 11.0 Å². The van der Waals surface area contributed by atoms with E-state index in [1.807, 2.05) is 0 Å². The summed E-state index contributed by atoms with van der Waals surface area (Å²) in [5.74, 6) is -0.788. The Morgan fingerprint density at radius 3 is 2.57 bits per heavy atom. The van der Waals surface area contributed by atoms with Crippen molar-refractivity contribution >= 4 is 34.5 Å². The van der Waals surface area contributed by atoms with Gasteiger partial charge in [0, 0.05) is 10.7 Å². The van der Waals surface area contributed by atoms with Crippen LogP contribution in [-0.2, 0) is 6.18 Å². The number of aromatic nitrogens is 1. The minimum atomic E-state index is -4.66. The summed E-state index contributed by atoms with van der Waals surface area (Å²) in [6.07, 6.45) is -4.66. The molecule has 0 bridgehead atoms. The minimum absolute atomic E-state index is 0.0306. The summed E-state index contributed by atoms with van der Waals surface area (Å²) in [6.45, 7) is 1.49. The molecule has 0 aliphatic rings. The number of aryl methyl sites for hydroxylation is 1. The van der Waals surface area contributed by atoms with E-state index in [1.165, 1.54) is 13.0 Å². The second kappa shape index (κ2) is 5.53. The van der Waals surface area contributed by atoms with Crippen LogP contribution in [0.3, 0.4) is 0 Å². The van der Waals surface area contributed by atoms with Crippen LogP contribution in [0, 0.1) is 6.92 Å². The third-order valence-electron chi connectivity index (χ3n) is 2.57. The minimum Gasteiger partial charge on any atom is -0.321 e. The molecule has 0 aliphatic carbocycles. The monoisotopic (exact) mass is 336 g/mol. The highest BCUT2D eigenvalue weighted by atomic mass is 35.5. The first-order chi connectivity index (χ1) is 9.68. The molecular weight excluding hydrogens is 329 g/mol. The highest BCUT2D eigenvalue weighted by molar-refractivity contribution is 7.11. The zero-order valence-electron chi connectivity index (χ0n) is 10.5. The van der Waals surface area contributed by atoms with Gasteiger partial charge in [0.15, 0.2) is 0 Å². The van der Waals surface area contributed by atoms with Gasteiger partial charge in [-0.2, -0.15) is 13.2 Å². The number of amides is 1. The Bertz CT molecular complexity index is 752. The summed E-state index contributed by atoms with van der Waals surface area (Å²) >= 11 is 6.18. The van der Waals surface area contributed by atoms with Gasteiger partial charge in [0.2, 0.25) is 0 Å². The lowest BCUT2D eigenvalue weighted by Gasteiger charge is -2.13. The van der Waals surface area contributed by atoms with E-state index in [-0.39, 0.29) is 9.90 Å². The third-order valence-corrected chi connectivity index (χ3v) is 3.78. The first-order valence-corrected chi connectivity index (χ1v) is 6.75. The summed E-state index contributed by atoms with van der Waals surface area (Å²) in [5, 5.41) is 2.05. The van der Waals surface area contributed by atoms with Crippen LogP contribution in [0.1, 0.15) is 20.9 Å². The number of aromatic amines is 1. The molecule has 0 atom stereocenters. The fourth-order valence-corrected chi connectivity index (χ4v) is 2.57. The van der Waals surface area contributed by atoms with Gasteiger partial charge in [-0.3, -0.25) is 9.59 Å². The molecule has 112 valence electrons. The Kier molecular flexibility index (Phi) is 4.11. The van der Waals surface area contributed by atoms with Gasteiger partial charge in [0.1, 0.15) is 4.88 Å². The number of halogens is 4. The van der Waals surface area contributed by atoms with E-state index in [9.17, 15) is 22.8 Å². The summed E-state index contributed by atoms with van der Waals surface area (Å²) in [7, 11) is 0. The smallest absolute Gasteiger partial charge is 0.321 e. The molecule has 0 aliphatic heterocycles. The van der Waals surface area contributed by atoms with Crippen molar-refractivity contribution in [2.45, 2.75) is 13.1 Å². The second-order valence-corrected chi connectivity index (χ2v) is 5.53. The number of rotatable bonds is 2. The molecule has 0 spiro atoms. The lowest BCUT2D eigenvalue weighted by Crippen LogP contribution is -2.16. The van der Waals surface area contributed by atoms with Gasteiger partial charge in [-0.15, -0.1) is 0 Å². The molecule has 0 saturated heterocycles. The number of nitrogens with one attached hydrogen (secondary N) is 2. The van der Waals surface area contributed by atoms with Gasteiger partial charge in [-0.05, 0) is 25.1 Å². The number of carbonyl (C=O) groups is 1. The second-order valence-electron chi connectivity index (χ2n) is 4.11. The van der Waals surface area contributed by atoms with E-state index >= 15 is 0 Å². The summed E-state index contributed by atoms with van der Waals surface area (Å²) < 4.78 is 38.7. The Morgan fingerprint density at radius 2 is 2.05 bits per heavy atom. The molecule has 21 heavy (non-hydrogen) atoms. The maximum absolute atomic E-state index is 12.9. The standard InChI is InChI=1S/C12H8ClF3N2O2S/c1-5-9(21-11(20)17-5)10(19)18-8-3-2-6(13)4-7(8)12(14,15)16/h2-4H,1H3,(H,17,20)(H,18,19). The molecule has 0 saturated carbocycles. The largest absolute Gasteiger partial charge is 0.418 e. The zero-order valence-corrected chi connectivity index (χ0v) is 12.0. The fraction of sp³-hybridized carbons (Fsp3) is 0.167. The Hall–Kier alpha value is -1.80. The SMILES string of the molecule is Cc1[nH]c(=O)sc1C(=O)Nc1ccc(Cl)cc1C(F)(F)F. The van der Waals surface area contributed by atoms with E-state index in [1.54, 1.807) is 0 Å². The normalized spacial score (nSPS) is 11.5. The van der Waals surface area contributed by atoms with Crippen molar-refractivity contribution in [1.29, 1.82) is 0 Å². The molecule has 2 rings (SSSR count). The predicted molar refractivity (Wildman–Crippen MR) is 74.1 cm³/mol. The molecule has 0 unspecified atom stereocenters. The molecule has 0 radical (unpaired) electrons. The van der Waals surface area contributed by atoms with Crippen LogP contribution in [0.25, 0.3) is 0 Å². The van der Waals surface area contributed by atoms with Crippen LogP contribution < -0.4 is 10.2 Å². The van der Waals surface area contributed by atoms with Crippen LogP contribution in [-0.4, -0.2) is 10.9 Å². The fourth-order valence-electron chi connectivity index (χ4n) is 1.66. The molecule has 4 nitrogen and oxygen atoms in total. The quantitative estimate of drug-likeness (QED) is 0.879. The average molecular weight is 337 g/mol. The number of alkyl halides is 3. The molecule has 1 amide bonds. The Morgan fingerprint density at radius 1 is 1.38 bits per heavy atom. The lowest BCUT2D eigenvalue weighted by atomic mass is 10.1. The van der Waals surface area contributed by atoms with E-state index in [4.69, 9.17) is 11.6 Å². The number of H-pyrrole nitrogens is 1. The number of hydrogen-bond donors (Lipinski definition) is 2. The number of benzene rings is 1. The number of thiazole rings is 1. The molecule has 1 aromatic carbocycles. The van der Waals surface area contributed by atoms with Crippen LogP contribution in [0.4, 0.5) is 18.9 Å². The Balaban J connectivity index is 2.38. The van der Waals surface area contributed by atoms with Crippen molar-refractivity contribution in [3.63, 3.8) is 0 Å². The first kappa shape index (κ1) is 15.6. The van der Waals surface area contributed by atoms with Crippen molar-refractivity contribution < 1.29 is 18.0 Å². The maximum Gasteiger partial charge on any atom is 0.418 e. The molecular formula is C12H8ClF3N2O2S. The van der Waals surface area contributed by atoms with Crippen molar-refractivity contribution in [3.05, 3.63) is 49.0 Å². The molecule has 0 fully saturated rings. The van der Waals surface area contributed by atoms with Gasteiger partial charge in [0.25, 0.3) is 5.91 Å². The van der Waals surface area contributed by atoms with Crippen molar-refractivity contribution in [2.24, 2.45) is 0 Å². The van der Waals surface area contributed by atoms with Gasteiger partial charge in [-0.25, -0.2) is 0 Å². The van der Waals surface area contributed by atoms with Gasteiger partial charge in [-0.1, -0.05) is 22.9 Å². The number of carbonyl (C=O) groups excluding carboxylic acids is 1. The summed E-state index contributed by atoms with van der Waals surface area (Å²) in [4.78, 5) is 25.0. The van der Waals surface area contributed by atoms with Gasteiger partial charge < -0.3 is 10.3 Å². The number of anilines is 1. The lowest BCUT2D eigenvalue weighted by molar-refractivity contribution is -0.136.